The minimum atomic E-state index is -0.522. The molecule has 0 spiro atoms. The summed E-state index contributed by atoms with van der Waals surface area (Å²) in [5.74, 6) is -0.522. The molecule has 5 nitrogen and oxygen atoms in total. The van der Waals surface area contributed by atoms with Gasteiger partial charge in [-0.05, 0) is 13.8 Å². The van der Waals surface area contributed by atoms with Gasteiger partial charge in [0.2, 0.25) is 0 Å². The first kappa shape index (κ1) is 8.52. The Bertz CT molecular complexity index is 308. The molecule has 1 aromatic rings. The van der Waals surface area contributed by atoms with Gasteiger partial charge in [-0.1, -0.05) is 0 Å². The molecule has 1 unspecified atom stereocenters. The molecule has 1 aliphatic heterocycles. The standard InChI is InChI=1S/C8H13N3O2/c1-8(2)12-5-7(13-8)11-4-6(9)3-10-11/h3-4,7H,5,9H2,1-2H3. The maximum atomic E-state index is 5.57. The highest BCUT2D eigenvalue weighted by molar-refractivity contribution is 5.30. The van der Waals surface area contributed by atoms with Crippen LogP contribution >= 0.6 is 0 Å². The van der Waals surface area contributed by atoms with Gasteiger partial charge in [0.05, 0.1) is 24.7 Å². The lowest BCUT2D eigenvalue weighted by Gasteiger charge is -2.16. The molecule has 0 aromatic carbocycles. The summed E-state index contributed by atoms with van der Waals surface area (Å²) >= 11 is 0. The first-order valence-electron chi connectivity index (χ1n) is 4.18. The van der Waals surface area contributed by atoms with Gasteiger partial charge < -0.3 is 15.2 Å². The molecule has 2 rings (SSSR count). The third-order valence-corrected chi connectivity index (χ3v) is 1.91. The molecule has 1 fully saturated rings. The average molecular weight is 183 g/mol. The van der Waals surface area contributed by atoms with Crippen molar-refractivity contribution >= 4 is 5.69 Å². The van der Waals surface area contributed by atoms with E-state index in [1.165, 1.54) is 0 Å². The van der Waals surface area contributed by atoms with Crippen molar-refractivity contribution in [3.05, 3.63) is 12.4 Å². The minimum absolute atomic E-state index is 0.160. The van der Waals surface area contributed by atoms with E-state index in [1.807, 2.05) is 13.8 Å². The van der Waals surface area contributed by atoms with Crippen LogP contribution < -0.4 is 5.73 Å². The normalized spacial score (nSPS) is 26.5. The molecule has 0 amide bonds. The van der Waals surface area contributed by atoms with E-state index in [9.17, 15) is 0 Å². The lowest BCUT2D eigenvalue weighted by Crippen LogP contribution is -2.21. The number of aromatic nitrogens is 2. The molecular weight excluding hydrogens is 170 g/mol. The van der Waals surface area contributed by atoms with Gasteiger partial charge in [0.1, 0.15) is 0 Å². The van der Waals surface area contributed by atoms with Crippen LogP contribution in [0, 0.1) is 0 Å². The maximum Gasteiger partial charge on any atom is 0.176 e. The predicted molar refractivity (Wildman–Crippen MR) is 46.8 cm³/mol. The Morgan fingerprint density at radius 3 is 2.92 bits per heavy atom. The number of nitrogens with zero attached hydrogens (tertiary/aromatic N) is 2. The second-order valence-electron chi connectivity index (χ2n) is 3.54. The summed E-state index contributed by atoms with van der Waals surface area (Å²) in [7, 11) is 0. The topological polar surface area (TPSA) is 62.3 Å². The van der Waals surface area contributed by atoms with Gasteiger partial charge in [-0.15, -0.1) is 0 Å². The number of hydrogen-bond acceptors (Lipinski definition) is 4. The van der Waals surface area contributed by atoms with Crippen LogP contribution in [-0.4, -0.2) is 22.2 Å². The Balaban J connectivity index is 2.12. The van der Waals surface area contributed by atoms with Crippen molar-refractivity contribution in [2.24, 2.45) is 0 Å². The van der Waals surface area contributed by atoms with Crippen molar-refractivity contribution in [1.82, 2.24) is 9.78 Å². The van der Waals surface area contributed by atoms with Crippen LogP contribution in [-0.2, 0) is 9.47 Å². The number of nitrogens with two attached hydrogens (primary N) is 1. The molecule has 2 heterocycles. The Morgan fingerprint density at radius 2 is 2.46 bits per heavy atom. The van der Waals surface area contributed by atoms with E-state index >= 15 is 0 Å². The van der Waals surface area contributed by atoms with Crippen LogP contribution in [0.4, 0.5) is 5.69 Å². The second kappa shape index (κ2) is 2.71. The Hall–Kier alpha value is -1.07. The van der Waals surface area contributed by atoms with Crippen molar-refractivity contribution in [3.8, 4) is 0 Å². The lowest BCUT2D eigenvalue weighted by atomic mass is 10.4. The molecule has 0 saturated carbocycles. The first-order chi connectivity index (χ1) is 6.07. The number of anilines is 1. The van der Waals surface area contributed by atoms with E-state index in [-0.39, 0.29) is 6.23 Å². The summed E-state index contributed by atoms with van der Waals surface area (Å²) < 4.78 is 12.6. The molecule has 13 heavy (non-hydrogen) atoms. The van der Waals surface area contributed by atoms with Gasteiger partial charge in [-0.2, -0.15) is 5.10 Å². The Labute approximate surface area is 76.4 Å². The molecule has 0 aliphatic carbocycles. The number of hydrogen-bond donors (Lipinski definition) is 1. The molecule has 1 aliphatic rings. The van der Waals surface area contributed by atoms with Gasteiger partial charge >= 0.3 is 0 Å². The van der Waals surface area contributed by atoms with Gasteiger partial charge in [0.25, 0.3) is 0 Å². The van der Waals surface area contributed by atoms with E-state index in [0.29, 0.717) is 12.3 Å². The van der Waals surface area contributed by atoms with Gasteiger partial charge in [0.15, 0.2) is 12.0 Å². The van der Waals surface area contributed by atoms with Gasteiger partial charge in [-0.25, -0.2) is 4.68 Å². The van der Waals surface area contributed by atoms with Crippen molar-refractivity contribution in [2.45, 2.75) is 25.9 Å². The molecule has 2 N–H and O–H groups in total. The summed E-state index contributed by atoms with van der Waals surface area (Å²) in [5.41, 5.74) is 6.17. The summed E-state index contributed by atoms with van der Waals surface area (Å²) in [4.78, 5) is 0. The van der Waals surface area contributed by atoms with Crippen LogP contribution in [0.15, 0.2) is 12.4 Å². The minimum Gasteiger partial charge on any atom is -0.396 e. The summed E-state index contributed by atoms with van der Waals surface area (Å²) in [6.45, 7) is 4.26. The smallest absolute Gasteiger partial charge is 0.176 e. The zero-order valence-electron chi connectivity index (χ0n) is 7.73. The van der Waals surface area contributed by atoms with Gasteiger partial charge in [0, 0.05) is 0 Å². The average Bonchev–Trinajstić information content (AvgIpc) is 2.56. The van der Waals surface area contributed by atoms with E-state index < -0.39 is 5.79 Å². The third kappa shape index (κ3) is 1.66. The fraction of sp³-hybridized carbons (Fsp3) is 0.625. The molecule has 0 radical (unpaired) electrons. The molecule has 72 valence electrons. The molecule has 5 heteroatoms. The highest BCUT2D eigenvalue weighted by atomic mass is 16.7. The van der Waals surface area contributed by atoms with Crippen LogP contribution in [0.3, 0.4) is 0 Å². The number of rotatable bonds is 1. The van der Waals surface area contributed by atoms with Crippen molar-refractivity contribution in [1.29, 1.82) is 0 Å². The predicted octanol–water partition coefficient (Wildman–Crippen LogP) is 0.747. The monoisotopic (exact) mass is 183 g/mol. The van der Waals surface area contributed by atoms with Crippen LogP contribution in [0.2, 0.25) is 0 Å². The zero-order valence-corrected chi connectivity index (χ0v) is 7.73. The van der Waals surface area contributed by atoms with Crippen molar-refractivity contribution < 1.29 is 9.47 Å². The van der Waals surface area contributed by atoms with E-state index in [0.717, 1.165) is 0 Å². The molecular formula is C8H13N3O2. The van der Waals surface area contributed by atoms with Crippen LogP contribution in [0.25, 0.3) is 0 Å². The first-order valence-corrected chi connectivity index (χ1v) is 4.18. The van der Waals surface area contributed by atoms with Gasteiger partial charge in [-0.3, -0.25) is 0 Å². The van der Waals surface area contributed by atoms with E-state index in [1.54, 1.807) is 17.1 Å². The van der Waals surface area contributed by atoms with E-state index in [4.69, 9.17) is 15.2 Å². The van der Waals surface area contributed by atoms with Crippen LogP contribution in [0.1, 0.15) is 20.1 Å². The quantitative estimate of drug-likeness (QED) is 0.697. The Morgan fingerprint density at radius 1 is 1.69 bits per heavy atom. The molecule has 1 aromatic heterocycles. The lowest BCUT2D eigenvalue weighted by molar-refractivity contribution is -0.150. The highest BCUT2D eigenvalue weighted by Crippen LogP contribution is 2.28. The number of nitrogen functional groups attached to an aromatic ring is 1. The fourth-order valence-corrected chi connectivity index (χ4v) is 1.31. The summed E-state index contributed by atoms with van der Waals surface area (Å²) in [5, 5.41) is 4.05. The summed E-state index contributed by atoms with van der Waals surface area (Å²) in [6.07, 6.45) is 3.16. The fourth-order valence-electron chi connectivity index (χ4n) is 1.31. The van der Waals surface area contributed by atoms with Crippen molar-refractivity contribution in [2.75, 3.05) is 12.3 Å². The zero-order chi connectivity index (χ0) is 9.47. The molecule has 0 bridgehead atoms. The maximum absolute atomic E-state index is 5.57. The van der Waals surface area contributed by atoms with Crippen LogP contribution in [0.5, 0.6) is 0 Å². The van der Waals surface area contributed by atoms with Crippen molar-refractivity contribution in [3.63, 3.8) is 0 Å². The highest BCUT2D eigenvalue weighted by Gasteiger charge is 2.33. The molecule has 1 saturated heterocycles. The molecule has 1 atom stereocenters. The van der Waals surface area contributed by atoms with E-state index in [2.05, 4.69) is 5.10 Å². The largest absolute Gasteiger partial charge is 0.396 e. The second-order valence-corrected chi connectivity index (χ2v) is 3.54. The summed E-state index contributed by atoms with van der Waals surface area (Å²) in [6, 6.07) is 0. The SMILES string of the molecule is CC1(C)OCC(n2cc(N)cn2)O1. The third-order valence-electron chi connectivity index (χ3n) is 1.91. The Kier molecular flexibility index (Phi) is 1.78. The number of ether oxygens (including phenoxy) is 2.